The van der Waals surface area contributed by atoms with Crippen LogP contribution in [-0.4, -0.2) is 43.6 Å². The minimum atomic E-state index is -0.0629. The van der Waals surface area contributed by atoms with Crippen LogP contribution < -0.4 is 10.5 Å². The van der Waals surface area contributed by atoms with E-state index >= 15 is 0 Å². The number of carbonyl (C=O) groups excluding carboxylic acids is 1. The predicted molar refractivity (Wildman–Crippen MR) is 134 cm³/mol. The van der Waals surface area contributed by atoms with E-state index < -0.39 is 0 Å². The summed E-state index contributed by atoms with van der Waals surface area (Å²) in [6, 6.07) is 10.1. The summed E-state index contributed by atoms with van der Waals surface area (Å²) in [5, 5.41) is 7.76. The summed E-state index contributed by atoms with van der Waals surface area (Å²) in [5.41, 5.74) is 9.89. The van der Waals surface area contributed by atoms with Gasteiger partial charge < -0.3 is 15.4 Å². The lowest BCUT2D eigenvalue weighted by Crippen LogP contribution is -2.40. The van der Waals surface area contributed by atoms with Crippen molar-refractivity contribution < 1.29 is 9.53 Å². The number of likely N-dealkylation sites (tertiary alicyclic amines) is 1. The number of nitrogens with two attached hydrogens (primary N) is 1. The highest BCUT2D eigenvalue weighted by Gasteiger charge is 2.28. The standard InChI is InChI=1S/C25H26N6O2S/c1-3-21(32)30-10-6-8-18(12-30)31-25-22(24(26)27-15-28-25)23(29-31)20-11-17(14-34-20)13-33-19-9-5-4-7-16(19)2/h3-5,7,9,11,14-15,18H,1,6,8,10,12-13H2,2H3,(H2,26,27,28). The molecule has 5 rings (SSSR count). The number of nitrogen functional groups attached to an aromatic ring is 1. The number of hydrogen-bond donors (Lipinski definition) is 1. The summed E-state index contributed by atoms with van der Waals surface area (Å²) < 4.78 is 7.93. The summed E-state index contributed by atoms with van der Waals surface area (Å²) in [5.74, 6) is 1.21. The van der Waals surface area contributed by atoms with E-state index in [1.54, 1.807) is 11.3 Å². The normalized spacial score (nSPS) is 16.0. The number of thiophene rings is 1. The molecule has 0 saturated carbocycles. The van der Waals surface area contributed by atoms with E-state index in [1.165, 1.54) is 12.4 Å². The van der Waals surface area contributed by atoms with Crippen LogP contribution in [0.3, 0.4) is 0 Å². The molecular formula is C25H26N6O2S. The number of carbonyl (C=O) groups is 1. The first-order valence-corrected chi connectivity index (χ1v) is 12.1. The number of amides is 1. The van der Waals surface area contributed by atoms with Crippen LogP contribution in [0.25, 0.3) is 21.6 Å². The number of hydrogen-bond acceptors (Lipinski definition) is 7. The average Bonchev–Trinajstić information content (AvgIpc) is 3.49. The third kappa shape index (κ3) is 4.14. The molecule has 0 aliphatic carbocycles. The molecule has 1 aliphatic rings. The Balaban J connectivity index is 1.46. The van der Waals surface area contributed by atoms with E-state index in [1.807, 2.05) is 40.8 Å². The molecule has 34 heavy (non-hydrogen) atoms. The number of aryl methyl sites for hydroxylation is 1. The molecule has 1 aromatic carbocycles. The number of ether oxygens (including phenoxy) is 1. The van der Waals surface area contributed by atoms with Gasteiger partial charge in [0.2, 0.25) is 5.91 Å². The maximum absolute atomic E-state index is 12.2. The summed E-state index contributed by atoms with van der Waals surface area (Å²) in [4.78, 5) is 23.7. The Morgan fingerprint density at radius 2 is 2.21 bits per heavy atom. The number of aromatic nitrogens is 4. The zero-order valence-corrected chi connectivity index (χ0v) is 19.8. The summed E-state index contributed by atoms with van der Waals surface area (Å²) in [7, 11) is 0. The van der Waals surface area contributed by atoms with E-state index in [2.05, 4.69) is 28.0 Å². The Labute approximate surface area is 201 Å². The lowest BCUT2D eigenvalue weighted by atomic mass is 10.1. The van der Waals surface area contributed by atoms with E-state index in [9.17, 15) is 4.79 Å². The quantitative estimate of drug-likeness (QED) is 0.417. The van der Waals surface area contributed by atoms with Crippen molar-refractivity contribution in [3.05, 3.63) is 65.8 Å². The Kier molecular flexibility index (Phi) is 6.02. The second kappa shape index (κ2) is 9.26. The molecule has 4 aromatic rings. The van der Waals surface area contributed by atoms with Gasteiger partial charge >= 0.3 is 0 Å². The molecule has 8 nitrogen and oxygen atoms in total. The maximum atomic E-state index is 12.2. The molecule has 1 atom stereocenters. The fraction of sp³-hybridized carbons (Fsp3) is 0.280. The molecule has 9 heteroatoms. The minimum Gasteiger partial charge on any atom is -0.489 e. The van der Waals surface area contributed by atoms with Crippen molar-refractivity contribution >= 4 is 34.1 Å². The zero-order valence-electron chi connectivity index (χ0n) is 19.0. The minimum absolute atomic E-state index is 0.00650. The molecule has 1 amide bonds. The average molecular weight is 475 g/mol. The fourth-order valence-corrected chi connectivity index (χ4v) is 5.25. The number of benzene rings is 1. The summed E-state index contributed by atoms with van der Waals surface area (Å²) in [6.07, 6.45) is 4.62. The molecule has 2 N–H and O–H groups in total. The highest BCUT2D eigenvalue weighted by Crippen LogP contribution is 2.36. The Bertz CT molecular complexity index is 1360. The maximum Gasteiger partial charge on any atom is 0.246 e. The lowest BCUT2D eigenvalue weighted by Gasteiger charge is -2.32. The second-order valence-corrected chi connectivity index (χ2v) is 9.32. The van der Waals surface area contributed by atoms with E-state index in [4.69, 9.17) is 15.6 Å². The van der Waals surface area contributed by atoms with Crippen molar-refractivity contribution in [3.8, 4) is 16.3 Å². The molecular weight excluding hydrogens is 448 g/mol. The van der Waals surface area contributed by atoms with Gasteiger partial charge in [-0.05, 0) is 48.9 Å². The number of anilines is 1. The third-order valence-electron chi connectivity index (χ3n) is 6.12. The van der Waals surface area contributed by atoms with Gasteiger partial charge in [-0.3, -0.25) is 4.79 Å². The van der Waals surface area contributed by atoms with Crippen molar-refractivity contribution in [3.63, 3.8) is 0 Å². The van der Waals surface area contributed by atoms with Gasteiger partial charge in [-0.25, -0.2) is 14.6 Å². The Hall–Kier alpha value is -3.72. The first-order valence-electron chi connectivity index (χ1n) is 11.2. The Morgan fingerprint density at radius 1 is 1.35 bits per heavy atom. The van der Waals surface area contributed by atoms with Crippen LogP contribution in [0.15, 0.2) is 54.7 Å². The van der Waals surface area contributed by atoms with Gasteiger partial charge in [0, 0.05) is 18.7 Å². The van der Waals surface area contributed by atoms with Gasteiger partial charge in [-0.1, -0.05) is 24.8 Å². The van der Waals surface area contributed by atoms with Gasteiger partial charge in [0.05, 0.1) is 16.3 Å². The van der Waals surface area contributed by atoms with Crippen molar-refractivity contribution in [2.24, 2.45) is 0 Å². The van der Waals surface area contributed by atoms with Gasteiger partial charge in [0.25, 0.3) is 0 Å². The fourth-order valence-electron chi connectivity index (χ4n) is 4.36. The Morgan fingerprint density at radius 3 is 3.03 bits per heavy atom. The highest BCUT2D eigenvalue weighted by molar-refractivity contribution is 7.13. The van der Waals surface area contributed by atoms with Crippen LogP contribution in [0.1, 0.15) is 30.0 Å². The molecule has 1 aliphatic heterocycles. The van der Waals surface area contributed by atoms with Crippen LogP contribution >= 0.6 is 11.3 Å². The third-order valence-corrected chi connectivity index (χ3v) is 7.11. The molecule has 0 bridgehead atoms. The van der Waals surface area contributed by atoms with E-state index in [-0.39, 0.29) is 11.9 Å². The number of piperidine rings is 1. The van der Waals surface area contributed by atoms with Crippen molar-refractivity contribution in [2.45, 2.75) is 32.4 Å². The van der Waals surface area contributed by atoms with Crippen molar-refractivity contribution in [1.29, 1.82) is 0 Å². The molecule has 1 fully saturated rings. The molecule has 0 spiro atoms. The van der Waals surface area contributed by atoms with Crippen LogP contribution in [0.2, 0.25) is 0 Å². The van der Waals surface area contributed by atoms with Crippen LogP contribution in [0.5, 0.6) is 5.75 Å². The smallest absolute Gasteiger partial charge is 0.246 e. The van der Waals surface area contributed by atoms with Gasteiger partial charge in [0.15, 0.2) is 5.65 Å². The van der Waals surface area contributed by atoms with Crippen LogP contribution in [0, 0.1) is 6.92 Å². The van der Waals surface area contributed by atoms with E-state index in [0.717, 1.165) is 52.2 Å². The predicted octanol–water partition coefficient (Wildman–Crippen LogP) is 4.37. The van der Waals surface area contributed by atoms with Gasteiger partial charge in [0.1, 0.15) is 30.2 Å². The number of rotatable bonds is 6. The van der Waals surface area contributed by atoms with Crippen molar-refractivity contribution in [2.75, 3.05) is 18.8 Å². The number of nitrogens with zero attached hydrogens (tertiary/aromatic N) is 5. The molecule has 4 heterocycles. The monoisotopic (exact) mass is 474 g/mol. The largest absolute Gasteiger partial charge is 0.489 e. The van der Waals surface area contributed by atoms with Crippen LogP contribution in [-0.2, 0) is 11.4 Å². The number of para-hydroxylation sites is 1. The molecule has 0 radical (unpaired) electrons. The zero-order chi connectivity index (χ0) is 23.7. The van der Waals surface area contributed by atoms with Gasteiger partial charge in [-0.15, -0.1) is 11.3 Å². The number of fused-ring (bicyclic) bond motifs is 1. The second-order valence-electron chi connectivity index (χ2n) is 8.41. The molecule has 1 unspecified atom stereocenters. The van der Waals surface area contributed by atoms with Crippen molar-refractivity contribution in [1.82, 2.24) is 24.6 Å². The van der Waals surface area contributed by atoms with E-state index in [0.29, 0.717) is 24.6 Å². The molecule has 1 saturated heterocycles. The first kappa shape index (κ1) is 22.1. The van der Waals surface area contributed by atoms with Crippen LogP contribution in [0.4, 0.5) is 5.82 Å². The highest BCUT2D eigenvalue weighted by atomic mass is 32.1. The first-order chi connectivity index (χ1) is 16.5. The molecule has 174 valence electrons. The summed E-state index contributed by atoms with van der Waals surface area (Å²) >= 11 is 1.59. The molecule has 3 aromatic heterocycles. The van der Waals surface area contributed by atoms with Gasteiger partial charge in [-0.2, -0.15) is 5.10 Å². The summed E-state index contributed by atoms with van der Waals surface area (Å²) in [6.45, 7) is 7.40. The lowest BCUT2D eigenvalue weighted by molar-refractivity contribution is -0.127. The topological polar surface area (TPSA) is 99.2 Å². The SMILES string of the molecule is C=CC(=O)N1CCCC(n2nc(-c3cc(COc4ccccc4C)cs3)c3c(N)ncnc32)C1.